The van der Waals surface area contributed by atoms with Crippen LogP contribution in [0, 0.1) is 0 Å². The number of hydrogen-bond donors (Lipinski definition) is 2. The summed E-state index contributed by atoms with van der Waals surface area (Å²) in [4.78, 5) is 0. The normalized spacial score (nSPS) is 13.7. The van der Waals surface area contributed by atoms with Crippen LogP contribution in [0.3, 0.4) is 0 Å². The molecule has 0 spiro atoms. The van der Waals surface area contributed by atoms with Crippen LogP contribution >= 0.6 is 0 Å². The minimum Gasteiger partial charge on any atom is -0.746 e. The molecule has 62 valence electrons. The average Bonchev–Trinajstić information content (AvgIpc) is 1.80. The minimum absolute atomic E-state index is 0. The Kier molecular flexibility index (Phi) is 8.30. The van der Waals surface area contributed by atoms with Gasteiger partial charge >= 0.3 is 29.6 Å². The molecule has 0 aromatic heterocycles. The van der Waals surface area contributed by atoms with E-state index in [4.69, 9.17) is 10.2 Å². The SMILES string of the molecule is O=S(=O)([O-])C(O)CCCO.[Na+]. The van der Waals surface area contributed by atoms with Gasteiger partial charge in [-0.2, -0.15) is 0 Å². The Morgan fingerprint density at radius 3 is 2.18 bits per heavy atom. The molecule has 0 fully saturated rings. The van der Waals surface area contributed by atoms with Crippen molar-refractivity contribution in [1.82, 2.24) is 0 Å². The summed E-state index contributed by atoms with van der Waals surface area (Å²) in [6, 6.07) is 0. The Morgan fingerprint density at radius 2 is 1.91 bits per heavy atom. The van der Waals surface area contributed by atoms with Crippen molar-refractivity contribution < 1.29 is 52.7 Å². The summed E-state index contributed by atoms with van der Waals surface area (Å²) in [5.74, 6) is 0. The van der Waals surface area contributed by atoms with Gasteiger partial charge < -0.3 is 14.8 Å². The Bertz CT molecular complexity index is 177. The van der Waals surface area contributed by atoms with E-state index in [1.807, 2.05) is 0 Å². The average molecular weight is 192 g/mol. The first-order valence-electron chi connectivity index (χ1n) is 2.72. The molecule has 0 saturated carbocycles. The van der Waals surface area contributed by atoms with Gasteiger partial charge in [0.15, 0.2) is 0 Å². The van der Waals surface area contributed by atoms with E-state index in [-0.39, 0.29) is 49.0 Å². The number of rotatable bonds is 4. The molecule has 0 saturated heterocycles. The van der Waals surface area contributed by atoms with Crippen molar-refractivity contribution in [2.45, 2.75) is 18.3 Å². The molecule has 0 aromatic rings. The third kappa shape index (κ3) is 7.20. The quantitative estimate of drug-likeness (QED) is 0.346. The summed E-state index contributed by atoms with van der Waals surface area (Å²) in [5, 5.41) is 16.7. The molecule has 0 rings (SSSR count). The molecule has 0 aliphatic heterocycles. The zero-order valence-corrected chi connectivity index (χ0v) is 9.04. The zero-order valence-electron chi connectivity index (χ0n) is 6.23. The van der Waals surface area contributed by atoms with Crippen LogP contribution in [-0.4, -0.2) is 35.2 Å². The van der Waals surface area contributed by atoms with Gasteiger partial charge in [0.2, 0.25) is 0 Å². The summed E-state index contributed by atoms with van der Waals surface area (Å²) in [6.07, 6.45) is -0.0923. The summed E-state index contributed by atoms with van der Waals surface area (Å²) < 4.78 is 29.8. The van der Waals surface area contributed by atoms with Crippen LogP contribution in [0.1, 0.15) is 12.8 Å². The van der Waals surface area contributed by atoms with Gasteiger partial charge in [-0.3, -0.25) is 0 Å². The number of aliphatic hydroxyl groups is 2. The second-order valence-corrected chi connectivity index (χ2v) is 3.34. The van der Waals surface area contributed by atoms with Crippen LogP contribution in [0.25, 0.3) is 0 Å². The van der Waals surface area contributed by atoms with Crippen LogP contribution in [-0.2, 0) is 10.1 Å². The van der Waals surface area contributed by atoms with Crippen LogP contribution in [0.5, 0.6) is 0 Å². The molecule has 7 heteroatoms. The molecule has 11 heavy (non-hydrogen) atoms. The maximum atomic E-state index is 9.95. The van der Waals surface area contributed by atoms with Crippen molar-refractivity contribution in [2.24, 2.45) is 0 Å². The predicted molar refractivity (Wildman–Crippen MR) is 32.0 cm³/mol. The van der Waals surface area contributed by atoms with Crippen molar-refractivity contribution >= 4 is 10.1 Å². The fourth-order valence-corrected chi connectivity index (χ4v) is 0.866. The smallest absolute Gasteiger partial charge is 0.746 e. The van der Waals surface area contributed by atoms with E-state index in [0.717, 1.165) is 0 Å². The molecular weight excluding hydrogens is 183 g/mol. The number of aliphatic hydroxyl groups excluding tert-OH is 2. The van der Waals surface area contributed by atoms with Gasteiger partial charge in [0.25, 0.3) is 0 Å². The molecule has 0 bridgehead atoms. The second kappa shape index (κ2) is 6.36. The molecule has 0 amide bonds. The van der Waals surface area contributed by atoms with Gasteiger partial charge in [-0.05, 0) is 12.8 Å². The molecule has 5 nitrogen and oxygen atoms in total. The summed E-state index contributed by atoms with van der Waals surface area (Å²) in [6.45, 7) is -0.230. The standard InChI is InChI=1S/C4H10O5S.Na/c5-3-1-2-4(6)10(7,8)9;/h4-6H,1-3H2,(H,7,8,9);/q;+1/p-1. The second-order valence-electron chi connectivity index (χ2n) is 1.81. The maximum Gasteiger partial charge on any atom is 1.00 e. The van der Waals surface area contributed by atoms with E-state index in [0.29, 0.717) is 0 Å². The molecule has 2 N–H and O–H groups in total. The largest absolute Gasteiger partial charge is 1.00 e. The molecule has 1 atom stereocenters. The third-order valence-electron chi connectivity index (χ3n) is 0.942. The fraction of sp³-hybridized carbons (Fsp3) is 1.00. The molecule has 1 unspecified atom stereocenters. The monoisotopic (exact) mass is 192 g/mol. The van der Waals surface area contributed by atoms with Crippen molar-refractivity contribution in [2.75, 3.05) is 6.61 Å². The molecule has 0 aliphatic carbocycles. The third-order valence-corrected chi connectivity index (χ3v) is 1.84. The Morgan fingerprint density at radius 1 is 1.45 bits per heavy atom. The van der Waals surface area contributed by atoms with E-state index < -0.39 is 15.6 Å². The van der Waals surface area contributed by atoms with E-state index in [1.54, 1.807) is 0 Å². The van der Waals surface area contributed by atoms with E-state index in [1.165, 1.54) is 0 Å². The van der Waals surface area contributed by atoms with Gasteiger partial charge in [0.05, 0.1) is 0 Å². The first-order chi connectivity index (χ1) is 4.48. The molecule has 0 aromatic carbocycles. The Labute approximate surface area is 87.5 Å². The van der Waals surface area contributed by atoms with E-state index in [9.17, 15) is 13.0 Å². The van der Waals surface area contributed by atoms with E-state index >= 15 is 0 Å². The maximum absolute atomic E-state index is 9.95. The van der Waals surface area contributed by atoms with Crippen molar-refractivity contribution in [3.63, 3.8) is 0 Å². The summed E-state index contributed by atoms with van der Waals surface area (Å²) >= 11 is 0. The zero-order chi connectivity index (χ0) is 8.20. The molecular formula is C4H9NaO5S. The topological polar surface area (TPSA) is 97.7 Å². The van der Waals surface area contributed by atoms with Gasteiger partial charge in [-0.15, -0.1) is 0 Å². The summed E-state index contributed by atoms with van der Waals surface area (Å²) in [7, 11) is -4.58. The van der Waals surface area contributed by atoms with Crippen LogP contribution < -0.4 is 29.6 Å². The first kappa shape index (κ1) is 14.4. The first-order valence-corrected chi connectivity index (χ1v) is 4.19. The van der Waals surface area contributed by atoms with Crippen molar-refractivity contribution in [1.29, 1.82) is 0 Å². The Balaban J connectivity index is 0. The fourth-order valence-electron chi connectivity index (χ4n) is 0.410. The van der Waals surface area contributed by atoms with E-state index in [2.05, 4.69) is 0 Å². The van der Waals surface area contributed by atoms with Gasteiger partial charge in [-0.1, -0.05) is 0 Å². The Hall–Kier alpha value is 0.830. The van der Waals surface area contributed by atoms with Crippen LogP contribution in [0.2, 0.25) is 0 Å². The molecule has 0 radical (unpaired) electrons. The van der Waals surface area contributed by atoms with Crippen molar-refractivity contribution in [3.05, 3.63) is 0 Å². The molecule has 0 aliphatic rings. The van der Waals surface area contributed by atoms with Crippen molar-refractivity contribution in [3.8, 4) is 0 Å². The predicted octanol–water partition coefficient (Wildman–Crippen LogP) is -4.37. The van der Waals surface area contributed by atoms with Gasteiger partial charge in [0.1, 0.15) is 15.6 Å². The van der Waals surface area contributed by atoms with Gasteiger partial charge in [-0.25, -0.2) is 8.42 Å². The van der Waals surface area contributed by atoms with Crippen LogP contribution in [0.15, 0.2) is 0 Å². The number of hydrogen-bond acceptors (Lipinski definition) is 5. The minimum atomic E-state index is -4.58. The summed E-state index contributed by atoms with van der Waals surface area (Å²) in [5.41, 5.74) is -1.88. The molecule has 0 heterocycles. The van der Waals surface area contributed by atoms with Crippen LogP contribution in [0.4, 0.5) is 0 Å². The van der Waals surface area contributed by atoms with Gasteiger partial charge in [0, 0.05) is 6.61 Å².